The van der Waals surface area contributed by atoms with Gasteiger partial charge in [-0.3, -0.25) is 10.0 Å². The van der Waals surface area contributed by atoms with Crippen LogP contribution in [0, 0.1) is 0 Å². The molecule has 3 heterocycles. The van der Waals surface area contributed by atoms with Crippen LogP contribution in [0.2, 0.25) is 0 Å². The van der Waals surface area contributed by atoms with Gasteiger partial charge in [-0.1, -0.05) is 60.7 Å². The van der Waals surface area contributed by atoms with Crippen LogP contribution in [0.1, 0.15) is 24.0 Å². The van der Waals surface area contributed by atoms with Crippen molar-refractivity contribution >= 4 is 17.9 Å². The molecule has 7 N–H and O–H groups in total. The van der Waals surface area contributed by atoms with Crippen molar-refractivity contribution in [2.24, 2.45) is 21.5 Å². The van der Waals surface area contributed by atoms with E-state index in [2.05, 4.69) is 9.98 Å². The van der Waals surface area contributed by atoms with Crippen LogP contribution in [0.3, 0.4) is 0 Å². The summed E-state index contributed by atoms with van der Waals surface area (Å²) in [6.45, 7) is 0.928. The second-order valence-electron chi connectivity index (χ2n) is 9.15. The van der Waals surface area contributed by atoms with Gasteiger partial charge in [0.1, 0.15) is 23.6 Å². The number of ether oxygens (including phenoxy) is 1. The van der Waals surface area contributed by atoms with E-state index in [0.29, 0.717) is 5.06 Å². The van der Waals surface area contributed by atoms with E-state index in [1.54, 1.807) is 0 Å². The van der Waals surface area contributed by atoms with Gasteiger partial charge in [-0.05, 0) is 18.1 Å². The molecule has 35 heavy (non-hydrogen) atoms. The van der Waals surface area contributed by atoms with Gasteiger partial charge in [0, 0.05) is 0 Å². The quantitative estimate of drug-likeness (QED) is 0.356. The van der Waals surface area contributed by atoms with Crippen molar-refractivity contribution in [2.45, 2.75) is 42.3 Å². The van der Waals surface area contributed by atoms with Gasteiger partial charge in [0.2, 0.25) is 11.6 Å². The van der Waals surface area contributed by atoms with Gasteiger partial charge < -0.3 is 31.3 Å². The lowest BCUT2D eigenvalue weighted by molar-refractivity contribution is -0.232. The van der Waals surface area contributed by atoms with Crippen LogP contribution in [0.15, 0.2) is 70.6 Å². The second-order valence-corrected chi connectivity index (χ2v) is 9.15. The van der Waals surface area contributed by atoms with E-state index < -0.39 is 47.9 Å². The molecule has 3 aliphatic rings. The first kappa shape index (κ1) is 23.1. The van der Waals surface area contributed by atoms with Crippen molar-refractivity contribution in [3.63, 3.8) is 0 Å². The third kappa shape index (κ3) is 3.19. The number of carbonyl (C=O) groups excluding carboxylic acids is 1. The zero-order chi connectivity index (χ0) is 25.0. The Morgan fingerprint density at radius 3 is 2.20 bits per heavy atom. The Labute approximate surface area is 201 Å². The maximum atomic E-state index is 13.6. The van der Waals surface area contributed by atoms with Crippen LogP contribution >= 0.6 is 0 Å². The summed E-state index contributed by atoms with van der Waals surface area (Å²) < 4.78 is 5.96. The van der Waals surface area contributed by atoms with E-state index >= 15 is 0 Å². The highest BCUT2D eigenvalue weighted by atomic mass is 16.6. The van der Waals surface area contributed by atoms with E-state index in [1.807, 2.05) is 60.7 Å². The van der Waals surface area contributed by atoms with Gasteiger partial charge in [-0.15, -0.1) is 0 Å². The molecule has 184 valence electrons. The molecular formula is C24H28N6O5. The van der Waals surface area contributed by atoms with E-state index in [4.69, 9.17) is 16.2 Å². The monoisotopic (exact) mass is 480 g/mol. The first-order chi connectivity index (χ1) is 16.7. The molecule has 0 aromatic heterocycles. The van der Waals surface area contributed by atoms with E-state index in [0.717, 1.165) is 11.1 Å². The number of hydroxylamine groups is 2. The average Bonchev–Trinajstić information content (AvgIpc) is 3.26. The van der Waals surface area contributed by atoms with Gasteiger partial charge in [0.25, 0.3) is 0 Å². The number of guanidine groups is 2. The van der Waals surface area contributed by atoms with Gasteiger partial charge in [0.15, 0.2) is 12.1 Å². The highest BCUT2D eigenvalue weighted by molar-refractivity contribution is 5.87. The Kier molecular flexibility index (Phi) is 5.42. The average molecular weight is 481 g/mol. The molecule has 11 nitrogen and oxygen atoms in total. The molecule has 2 aromatic rings. The number of aliphatic hydroxyl groups excluding tert-OH is 1. The number of nitrogens with two attached hydrogens (primary N) is 2. The van der Waals surface area contributed by atoms with Gasteiger partial charge in [0.05, 0.1) is 13.2 Å². The molecule has 5 unspecified atom stereocenters. The molecule has 0 aliphatic carbocycles. The molecule has 1 saturated heterocycles. The maximum Gasteiger partial charge on any atom is 0.318 e. The van der Waals surface area contributed by atoms with Crippen LogP contribution in [0.5, 0.6) is 0 Å². The molecule has 0 bridgehead atoms. The zero-order valence-electron chi connectivity index (χ0n) is 19.1. The lowest BCUT2D eigenvalue weighted by Gasteiger charge is -2.51. The molecule has 5 atom stereocenters. The topological polar surface area (TPSA) is 170 Å². The summed E-state index contributed by atoms with van der Waals surface area (Å²) in [6.07, 6.45) is -1.13. The Morgan fingerprint density at radius 1 is 1.09 bits per heavy atom. The lowest BCUT2D eigenvalue weighted by atomic mass is 9.79. The number of hydrogen-bond acceptors (Lipinski definition) is 11. The molecule has 0 radical (unpaired) electrons. The number of benzene rings is 2. The number of carbonyl (C=O) groups is 1. The molecule has 11 heteroatoms. The normalized spacial score (nSPS) is 31.6. The summed E-state index contributed by atoms with van der Waals surface area (Å²) in [5, 5.41) is 33.4. The minimum Gasteiger partial charge on any atom is -0.457 e. The molecule has 1 spiro atoms. The number of nitrogens with zero attached hydrogens (tertiary/aromatic N) is 4. The summed E-state index contributed by atoms with van der Waals surface area (Å²) >= 11 is 0. The number of rotatable bonds is 5. The number of esters is 1. The predicted molar refractivity (Wildman–Crippen MR) is 126 cm³/mol. The molecular weight excluding hydrogens is 452 g/mol. The SMILES string of the molecule is CC1(O)C(OC(=O)C(c2ccccc2)c2ccccc2)CN2C(N)=NC(CO)C3N=C(N)N(O)C321. The van der Waals surface area contributed by atoms with E-state index in [9.17, 15) is 20.2 Å². The highest BCUT2D eigenvalue weighted by Crippen LogP contribution is 2.50. The first-order valence-electron chi connectivity index (χ1n) is 11.3. The zero-order valence-corrected chi connectivity index (χ0v) is 19.1. The third-order valence-electron chi connectivity index (χ3n) is 7.24. The second kappa shape index (κ2) is 8.22. The van der Waals surface area contributed by atoms with Crippen molar-refractivity contribution in [3.8, 4) is 0 Å². The first-order valence-corrected chi connectivity index (χ1v) is 11.3. The summed E-state index contributed by atoms with van der Waals surface area (Å²) in [7, 11) is 0. The van der Waals surface area contributed by atoms with Crippen molar-refractivity contribution in [1.82, 2.24) is 9.96 Å². The van der Waals surface area contributed by atoms with E-state index in [-0.39, 0.29) is 18.5 Å². The maximum absolute atomic E-state index is 13.6. The molecule has 3 aliphatic heterocycles. The molecule has 1 fully saturated rings. The van der Waals surface area contributed by atoms with Crippen molar-refractivity contribution in [2.75, 3.05) is 13.2 Å². The largest absolute Gasteiger partial charge is 0.457 e. The fourth-order valence-electron chi connectivity index (χ4n) is 5.56. The Bertz CT molecular complexity index is 1130. The number of aliphatic imine (C=N–C) groups is 2. The summed E-state index contributed by atoms with van der Waals surface area (Å²) in [5.74, 6) is -1.62. The lowest BCUT2D eigenvalue weighted by Crippen LogP contribution is -2.76. The Balaban J connectivity index is 1.52. The predicted octanol–water partition coefficient (Wildman–Crippen LogP) is -0.429. The highest BCUT2D eigenvalue weighted by Gasteiger charge is 2.75. The van der Waals surface area contributed by atoms with Crippen LogP contribution in [-0.2, 0) is 9.53 Å². The fourth-order valence-corrected chi connectivity index (χ4v) is 5.56. The van der Waals surface area contributed by atoms with Gasteiger partial charge in [-0.2, -0.15) is 5.06 Å². The van der Waals surface area contributed by atoms with Crippen LogP contribution in [0.4, 0.5) is 0 Å². The molecule has 0 amide bonds. The number of aliphatic hydroxyl groups is 2. The van der Waals surface area contributed by atoms with Crippen LogP contribution in [0.25, 0.3) is 0 Å². The van der Waals surface area contributed by atoms with Gasteiger partial charge >= 0.3 is 5.97 Å². The molecule has 5 rings (SSSR count). The van der Waals surface area contributed by atoms with E-state index in [1.165, 1.54) is 11.8 Å². The Hall–Kier alpha value is -3.67. The van der Waals surface area contributed by atoms with Crippen molar-refractivity contribution in [3.05, 3.63) is 71.8 Å². The molecule has 2 aromatic carbocycles. The summed E-state index contributed by atoms with van der Waals surface area (Å²) in [5.41, 5.74) is 9.95. The van der Waals surface area contributed by atoms with Crippen LogP contribution in [-0.4, -0.2) is 85.9 Å². The van der Waals surface area contributed by atoms with Crippen molar-refractivity contribution < 1.29 is 25.0 Å². The third-order valence-corrected chi connectivity index (χ3v) is 7.24. The van der Waals surface area contributed by atoms with Crippen LogP contribution < -0.4 is 11.5 Å². The number of hydrogen-bond donors (Lipinski definition) is 5. The standard InChI is InChI=1S/C24H28N6O5/c1-23(33)17(12-29-21(25)27-16(13-31)19-24(23,29)30(34)22(26)28-19)35-20(32)18(14-8-4-2-5-9-14)15-10-6-3-7-11-15/h2-11,16-19,31,33-34H,12-13H2,1H3,(H2,25,27)(H2,26,28). The van der Waals surface area contributed by atoms with Gasteiger partial charge in [-0.25, -0.2) is 9.98 Å². The summed E-state index contributed by atoms with van der Waals surface area (Å²) in [6, 6.07) is 16.6. The molecule has 0 saturated carbocycles. The fraction of sp³-hybridized carbons (Fsp3) is 0.375. The summed E-state index contributed by atoms with van der Waals surface area (Å²) in [4.78, 5) is 23.6. The minimum atomic E-state index is -1.90. The Morgan fingerprint density at radius 2 is 1.66 bits per heavy atom. The minimum absolute atomic E-state index is 0.0363. The van der Waals surface area contributed by atoms with Crippen molar-refractivity contribution in [1.29, 1.82) is 0 Å². The smallest absolute Gasteiger partial charge is 0.318 e.